The number of amides is 1. The Morgan fingerprint density at radius 2 is 1.73 bits per heavy atom. The van der Waals surface area contributed by atoms with E-state index in [0.29, 0.717) is 17.8 Å². The van der Waals surface area contributed by atoms with E-state index in [0.717, 1.165) is 16.5 Å². The van der Waals surface area contributed by atoms with E-state index >= 15 is 0 Å². The second-order valence-corrected chi connectivity index (χ2v) is 5.88. The third-order valence-electron chi connectivity index (χ3n) is 3.79. The highest BCUT2D eigenvalue weighted by molar-refractivity contribution is 5.97. The number of hydrogen-bond acceptors (Lipinski definition) is 2. The summed E-state index contributed by atoms with van der Waals surface area (Å²) in [5.74, 6) is -0.223. The highest BCUT2D eigenvalue weighted by Crippen LogP contribution is 2.16. The summed E-state index contributed by atoms with van der Waals surface area (Å²) in [6.07, 6.45) is -4.33. The first kappa shape index (κ1) is 18.0. The third-order valence-corrected chi connectivity index (χ3v) is 3.79. The van der Waals surface area contributed by atoms with Gasteiger partial charge in [0.2, 0.25) is 0 Å². The zero-order valence-electron chi connectivity index (χ0n) is 13.8. The summed E-state index contributed by atoms with van der Waals surface area (Å²) in [5.41, 5.74) is 2.85. The number of rotatable bonds is 6. The fraction of sp³-hybridized carbons (Fsp3) is 0.211. The molecule has 2 aromatic carbocycles. The Morgan fingerprint density at radius 1 is 1.04 bits per heavy atom. The summed E-state index contributed by atoms with van der Waals surface area (Å²) in [5, 5.41) is 3.77. The number of benzene rings is 2. The van der Waals surface area contributed by atoms with E-state index in [1.54, 1.807) is 30.3 Å². The number of fused-ring (bicyclic) bond motifs is 1. The van der Waals surface area contributed by atoms with Crippen LogP contribution in [0.1, 0.15) is 21.6 Å². The van der Waals surface area contributed by atoms with Gasteiger partial charge in [0.15, 0.2) is 0 Å². The van der Waals surface area contributed by atoms with Crippen LogP contribution in [0.5, 0.6) is 0 Å². The number of halogens is 3. The van der Waals surface area contributed by atoms with Gasteiger partial charge in [-0.15, -0.1) is 0 Å². The molecule has 1 heterocycles. The van der Waals surface area contributed by atoms with Crippen molar-refractivity contribution < 1.29 is 22.7 Å². The molecule has 0 bridgehead atoms. The van der Waals surface area contributed by atoms with Gasteiger partial charge in [0, 0.05) is 17.4 Å². The van der Waals surface area contributed by atoms with E-state index in [1.807, 2.05) is 24.3 Å². The second kappa shape index (κ2) is 7.61. The monoisotopic (exact) mass is 362 g/mol. The van der Waals surface area contributed by atoms with E-state index < -0.39 is 12.8 Å². The number of nitrogens with one attached hydrogen (secondary N) is 2. The van der Waals surface area contributed by atoms with E-state index in [4.69, 9.17) is 0 Å². The predicted octanol–water partition coefficient (Wildman–Crippen LogP) is 4.18. The molecule has 0 aliphatic rings. The van der Waals surface area contributed by atoms with Crippen molar-refractivity contribution in [1.82, 2.24) is 10.3 Å². The average Bonchev–Trinajstić information content (AvgIpc) is 3.04. The molecule has 0 unspecified atom stereocenters. The Kier molecular flexibility index (Phi) is 5.27. The number of H-pyrrole nitrogens is 1. The molecule has 0 saturated carbocycles. The van der Waals surface area contributed by atoms with Gasteiger partial charge in [-0.1, -0.05) is 42.5 Å². The topological polar surface area (TPSA) is 54.1 Å². The van der Waals surface area contributed by atoms with Gasteiger partial charge in [-0.25, -0.2) is 0 Å². The summed E-state index contributed by atoms with van der Waals surface area (Å²) in [7, 11) is 0. The van der Waals surface area contributed by atoms with E-state index in [1.165, 1.54) is 0 Å². The van der Waals surface area contributed by atoms with Crippen LogP contribution in [0.3, 0.4) is 0 Å². The molecule has 0 aliphatic heterocycles. The highest BCUT2D eigenvalue weighted by Gasteiger charge is 2.27. The van der Waals surface area contributed by atoms with Crippen molar-refractivity contribution in [2.75, 3.05) is 6.61 Å². The fourth-order valence-electron chi connectivity index (χ4n) is 2.51. The molecule has 0 spiro atoms. The quantitative estimate of drug-likeness (QED) is 0.691. The molecule has 1 amide bonds. The molecule has 0 saturated heterocycles. The van der Waals surface area contributed by atoms with Crippen LogP contribution in [0.4, 0.5) is 13.2 Å². The lowest BCUT2D eigenvalue weighted by atomic mass is 10.1. The molecule has 4 nitrogen and oxygen atoms in total. The lowest BCUT2D eigenvalue weighted by Gasteiger charge is -2.08. The molecule has 26 heavy (non-hydrogen) atoms. The number of para-hydroxylation sites is 1. The highest BCUT2D eigenvalue weighted by atomic mass is 19.4. The molecule has 0 aliphatic carbocycles. The molecule has 0 radical (unpaired) electrons. The van der Waals surface area contributed by atoms with Crippen LogP contribution in [0, 0.1) is 0 Å². The van der Waals surface area contributed by atoms with E-state index in [9.17, 15) is 18.0 Å². The van der Waals surface area contributed by atoms with Crippen molar-refractivity contribution >= 4 is 16.8 Å². The summed E-state index contributed by atoms with van der Waals surface area (Å²) < 4.78 is 40.7. The predicted molar refractivity (Wildman–Crippen MR) is 91.6 cm³/mol. The van der Waals surface area contributed by atoms with Crippen LogP contribution in [0.25, 0.3) is 10.9 Å². The maximum Gasteiger partial charge on any atom is 0.411 e. The van der Waals surface area contributed by atoms with Crippen LogP contribution in [0.15, 0.2) is 54.6 Å². The maximum absolute atomic E-state index is 12.2. The summed E-state index contributed by atoms with van der Waals surface area (Å²) >= 11 is 0. The average molecular weight is 362 g/mol. The van der Waals surface area contributed by atoms with Crippen molar-refractivity contribution in [2.24, 2.45) is 0 Å². The van der Waals surface area contributed by atoms with Crippen LogP contribution < -0.4 is 5.32 Å². The molecule has 7 heteroatoms. The smallest absolute Gasteiger partial charge is 0.367 e. The van der Waals surface area contributed by atoms with Crippen molar-refractivity contribution in [3.8, 4) is 0 Å². The van der Waals surface area contributed by atoms with Crippen molar-refractivity contribution in [1.29, 1.82) is 0 Å². The molecule has 3 rings (SSSR count). The van der Waals surface area contributed by atoms with Gasteiger partial charge in [0.05, 0.1) is 6.61 Å². The van der Waals surface area contributed by atoms with Crippen LogP contribution in [-0.2, 0) is 17.9 Å². The Labute approximate surface area is 148 Å². The van der Waals surface area contributed by atoms with Crippen molar-refractivity contribution in [2.45, 2.75) is 19.3 Å². The number of ether oxygens (including phenoxy) is 1. The first-order valence-electron chi connectivity index (χ1n) is 7.99. The number of carbonyl (C=O) groups excluding carboxylic acids is 1. The number of alkyl halides is 3. The standard InChI is InChI=1S/C19H17F3N2O2/c20-19(21,22)12-26-11-14-7-5-13(6-8-14)10-23-18(25)17-9-15-3-1-2-4-16(15)24-17/h1-9,24H,10-12H2,(H,23,25). The molecule has 3 aromatic rings. The van der Waals surface area contributed by atoms with Gasteiger partial charge in [0.25, 0.3) is 5.91 Å². The lowest BCUT2D eigenvalue weighted by Crippen LogP contribution is -2.23. The van der Waals surface area contributed by atoms with Gasteiger partial charge in [0.1, 0.15) is 12.3 Å². The minimum atomic E-state index is -4.33. The van der Waals surface area contributed by atoms with E-state index in [2.05, 4.69) is 15.0 Å². The second-order valence-electron chi connectivity index (χ2n) is 5.88. The Hall–Kier alpha value is -2.80. The maximum atomic E-state index is 12.2. The van der Waals surface area contributed by atoms with Gasteiger partial charge < -0.3 is 15.0 Å². The molecular formula is C19H17F3N2O2. The van der Waals surface area contributed by atoms with Crippen LogP contribution >= 0.6 is 0 Å². The molecule has 0 atom stereocenters. The SMILES string of the molecule is O=C(NCc1ccc(COCC(F)(F)F)cc1)c1cc2ccccc2[nH]1. The first-order chi connectivity index (χ1) is 12.4. The van der Waals surface area contributed by atoms with E-state index in [-0.39, 0.29) is 12.5 Å². The van der Waals surface area contributed by atoms with Crippen molar-refractivity contribution in [3.05, 3.63) is 71.4 Å². The van der Waals surface area contributed by atoms with Gasteiger partial charge in [-0.3, -0.25) is 4.79 Å². The summed E-state index contributed by atoms with van der Waals surface area (Å²) in [6, 6.07) is 16.2. The molecule has 1 aromatic heterocycles. The Morgan fingerprint density at radius 3 is 2.42 bits per heavy atom. The third kappa shape index (κ3) is 4.86. The number of hydrogen-bond donors (Lipinski definition) is 2. The largest absolute Gasteiger partial charge is 0.411 e. The van der Waals surface area contributed by atoms with Gasteiger partial charge in [-0.05, 0) is 23.3 Å². The normalized spacial score (nSPS) is 11.7. The minimum Gasteiger partial charge on any atom is -0.367 e. The number of aromatic amines is 1. The minimum absolute atomic E-state index is 0.110. The Bertz CT molecular complexity index is 853. The molecular weight excluding hydrogens is 345 g/mol. The summed E-state index contributed by atoms with van der Waals surface area (Å²) in [4.78, 5) is 15.3. The lowest BCUT2D eigenvalue weighted by molar-refractivity contribution is -0.176. The summed E-state index contributed by atoms with van der Waals surface area (Å²) in [6.45, 7) is -1.06. The van der Waals surface area contributed by atoms with Crippen LogP contribution in [0.2, 0.25) is 0 Å². The molecule has 0 fully saturated rings. The molecule has 136 valence electrons. The number of aromatic nitrogens is 1. The molecule has 2 N–H and O–H groups in total. The van der Waals surface area contributed by atoms with Gasteiger partial charge >= 0.3 is 6.18 Å². The number of carbonyl (C=O) groups is 1. The first-order valence-corrected chi connectivity index (χ1v) is 7.99. The zero-order valence-corrected chi connectivity index (χ0v) is 13.8. The van der Waals surface area contributed by atoms with Crippen molar-refractivity contribution in [3.63, 3.8) is 0 Å². The fourth-order valence-corrected chi connectivity index (χ4v) is 2.51. The zero-order chi connectivity index (χ0) is 18.6. The van der Waals surface area contributed by atoms with Gasteiger partial charge in [-0.2, -0.15) is 13.2 Å². The van der Waals surface area contributed by atoms with Crippen LogP contribution in [-0.4, -0.2) is 23.7 Å². The Balaban J connectivity index is 1.52.